The summed E-state index contributed by atoms with van der Waals surface area (Å²) in [5, 5.41) is 12.2. The van der Waals surface area contributed by atoms with Crippen LogP contribution in [0.15, 0.2) is 66.9 Å². The number of hydrogen-bond donors (Lipinski definition) is 2. The maximum Gasteiger partial charge on any atom is 0.411 e. The molecule has 1 atom stereocenters. The molecule has 35 heavy (non-hydrogen) atoms. The molecule has 0 radical (unpaired) electrons. The molecule has 2 aromatic carbocycles. The maximum absolute atomic E-state index is 12.8. The number of carbonyl (C=O) groups excluding carboxylic acids is 2. The average Bonchev–Trinajstić information content (AvgIpc) is 3.42. The molecule has 0 bridgehead atoms. The van der Waals surface area contributed by atoms with Gasteiger partial charge in [0.2, 0.25) is 0 Å². The van der Waals surface area contributed by atoms with E-state index >= 15 is 0 Å². The van der Waals surface area contributed by atoms with Crippen LogP contribution in [-0.4, -0.2) is 51.7 Å². The molecule has 0 saturated carbocycles. The fourth-order valence-corrected chi connectivity index (χ4v) is 5.00. The van der Waals surface area contributed by atoms with Gasteiger partial charge in [-0.2, -0.15) is 0 Å². The third-order valence-corrected chi connectivity index (χ3v) is 6.92. The van der Waals surface area contributed by atoms with Crippen molar-refractivity contribution < 1.29 is 24.2 Å². The highest BCUT2D eigenvalue weighted by molar-refractivity contribution is 5.97. The van der Waals surface area contributed by atoms with Crippen molar-refractivity contribution in [3.8, 4) is 11.1 Å². The van der Waals surface area contributed by atoms with Crippen molar-refractivity contribution in [2.45, 2.75) is 31.2 Å². The van der Waals surface area contributed by atoms with Crippen molar-refractivity contribution in [3.05, 3.63) is 83.7 Å². The highest BCUT2D eigenvalue weighted by Crippen LogP contribution is 2.44. The van der Waals surface area contributed by atoms with Crippen LogP contribution in [0.25, 0.3) is 11.1 Å². The molecule has 1 saturated heterocycles. The van der Waals surface area contributed by atoms with Gasteiger partial charge in [-0.3, -0.25) is 10.1 Å². The number of fused-ring (bicyclic) bond motifs is 3. The van der Waals surface area contributed by atoms with E-state index in [0.717, 1.165) is 22.3 Å². The number of nitrogens with zero attached hydrogens (tertiary/aromatic N) is 2. The van der Waals surface area contributed by atoms with Crippen molar-refractivity contribution in [2.75, 3.05) is 18.5 Å². The summed E-state index contributed by atoms with van der Waals surface area (Å²) < 4.78 is 5.54. The minimum Gasteiger partial charge on any atom is -0.480 e. The Hall–Kier alpha value is -4.20. The van der Waals surface area contributed by atoms with Crippen LogP contribution in [0.5, 0.6) is 0 Å². The highest BCUT2D eigenvalue weighted by atomic mass is 16.5. The number of carbonyl (C=O) groups is 3. The third kappa shape index (κ3) is 4.01. The number of carboxylic acids is 1. The number of aromatic nitrogens is 1. The van der Waals surface area contributed by atoms with E-state index in [1.54, 1.807) is 13.0 Å². The van der Waals surface area contributed by atoms with Crippen molar-refractivity contribution in [3.63, 3.8) is 0 Å². The van der Waals surface area contributed by atoms with Crippen LogP contribution in [0.1, 0.15) is 47.3 Å². The summed E-state index contributed by atoms with van der Waals surface area (Å²) in [6, 6.07) is 19.2. The van der Waals surface area contributed by atoms with Gasteiger partial charge < -0.3 is 14.7 Å². The molecule has 8 heteroatoms. The van der Waals surface area contributed by atoms with Crippen LogP contribution in [0, 0.1) is 0 Å². The Kier molecular flexibility index (Phi) is 5.72. The molecule has 2 N–H and O–H groups in total. The van der Waals surface area contributed by atoms with Crippen molar-refractivity contribution in [2.24, 2.45) is 0 Å². The normalized spacial score (nSPS) is 18.6. The lowest BCUT2D eigenvalue weighted by Crippen LogP contribution is -2.50. The van der Waals surface area contributed by atoms with Crippen LogP contribution < -0.4 is 5.32 Å². The molecule has 0 spiro atoms. The standard InChI is InChI=1S/C27H25N3O5/c1-27(25(32)33)13-6-14-30(27)24(31)23-12-11-17(15-28-23)29-26(34)35-16-22-20-9-4-2-7-18(20)19-8-3-5-10-21(19)22/h2-5,7-12,15,22H,6,13-14,16H2,1H3,(H,29,34)(H,32,33)/t27-/m1/s1. The lowest BCUT2D eigenvalue weighted by molar-refractivity contribution is -0.147. The molecule has 2 amide bonds. The minimum atomic E-state index is -1.24. The van der Waals surface area contributed by atoms with Gasteiger partial charge in [0.1, 0.15) is 17.8 Å². The summed E-state index contributed by atoms with van der Waals surface area (Å²) in [4.78, 5) is 42.5. The number of aliphatic carboxylic acids is 1. The van der Waals surface area contributed by atoms with Gasteiger partial charge in [-0.1, -0.05) is 48.5 Å². The molecule has 2 aliphatic rings. The van der Waals surface area contributed by atoms with Crippen LogP contribution in [-0.2, 0) is 9.53 Å². The first-order valence-electron chi connectivity index (χ1n) is 11.5. The van der Waals surface area contributed by atoms with E-state index in [1.807, 2.05) is 24.3 Å². The third-order valence-electron chi connectivity index (χ3n) is 6.92. The average molecular weight is 472 g/mol. The van der Waals surface area contributed by atoms with Crippen LogP contribution in [0.4, 0.5) is 10.5 Å². The van der Waals surface area contributed by atoms with E-state index in [-0.39, 0.29) is 18.2 Å². The largest absolute Gasteiger partial charge is 0.480 e. The fraction of sp³-hybridized carbons (Fsp3) is 0.259. The maximum atomic E-state index is 12.8. The Morgan fingerprint density at radius 1 is 1.06 bits per heavy atom. The molecule has 1 aliphatic carbocycles. The second-order valence-electron chi connectivity index (χ2n) is 9.02. The smallest absolute Gasteiger partial charge is 0.411 e. The Bertz CT molecular complexity index is 1260. The number of pyridine rings is 1. The number of carboxylic acid groups (broad SMARTS) is 1. The first-order chi connectivity index (χ1) is 16.9. The van der Waals surface area contributed by atoms with Gasteiger partial charge in [-0.15, -0.1) is 0 Å². The number of rotatable bonds is 5. The summed E-state index contributed by atoms with van der Waals surface area (Å²) >= 11 is 0. The zero-order valence-electron chi connectivity index (χ0n) is 19.2. The van der Waals surface area contributed by atoms with Gasteiger partial charge in [0.15, 0.2) is 0 Å². The molecule has 1 fully saturated rings. The molecule has 5 rings (SSSR count). The molecule has 2 heterocycles. The van der Waals surface area contributed by atoms with Crippen molar-refractivity contribution in [1.82, 2.24) is 9.88 Å². The molecule has 178 valence electrons. The molecule has 1 aromatic heterocycles. The summed E-state index contributed by atoms with van der Waals surface area (Å²) in [6.07, 6.45) is 1.76. The van der Waals surface area contributed by atoms with Gasteiger partial charge in [0, 0.05) is 12.5 Å². The quantitative estimate of drug-likeness (QED) is 0.566. The SMILES string of the molecule is C[C@]1(C(=O)O)CCCN1C(=O)c1ccc(NC(=O)OCC2c3ccccc3-c3ccccc32)cn1. The van der Waals surface area contributed by atoms with E-state index in [0.29, 0.717) is 25.1 Å². The summed E-state index contributed by atoms with van der Waals surface area (Å²) in [5.41, 5.74) is 3.81. The van der Waals surface area contributed by atoms with Crippen LogP contribution in [0.3, 0.4) is 0 Å². The van der Waals surface area contributed by atoms with Gasteiger partial charge in [0.25, 0.3) is 5.91 Å². The Morgan fingerprint density at radius 2 is 1.71 bits per heavy atom. The monoisotopic (exact) mass is 471 g/mol. The van der Waals surface area contributed by atoms with Crippen LogP contribution in [0.2, 0.25) is 0 Å². The van der Waals surface area contributed by atoms with Crippen molar-refractivity contribution in [1.29, 1.82) is 0 Å². The second-order valence-corrected chi connectivity index (χ2v) is 9.02. The van der Waals surface area contributed by atoms with Gasteiger partial charge in [0.05, 0.1) is 11.9 Å². The second kappa shape index (κ2) is 8.87. The van der Waals surface area contributed by atoms with Gasteiger partial charge in [-0.05, 0) is 54.2 Å². The van der Waals surface area contributed by atoms with E-state index in [4.69, 9.17) is 4.74 Å². The van der Waals surface area contributed by atoms with E-state index < -0.39 is 23.5 Å². The molecule has 1 aliphatic heterocycles. The zero-order valence-corrected chi connectivity index (χ0v) is 19.2. The lowest BCUT2D eigenvalue weighted by atomic mass is 9.98. The van der Waals surface area contributed by atoms with Crippen molar-refractivity contribution >= 4 is 23.7 Å². The number of nitrogens with one attached hydrogen (secondary N) is 1. The highest BCUT2D eigenvalue weighted by Gasteiger charge is 2.46. The topological polar surface area (TPSA) is 109 Å². The number of benzene rings is 2. The number of amides is 2. The van der Waals surface area contributed by atoms with Crippen LogP contribution >= 0.6 is 0 Å². The van der Waals surface area contributed by atoms with Gasteiger partial charge in [-0.25, -0.2) is 14.6 Å². The fourth-order valence-electron chi connectivity index (χ4n) is 5.00. The summed E-state index contributed by atoms with van der Waals surface area (Å²) in [5.74, 6) is -1.52. The molecule has 8 nitrogen and oxygen atoms in total. The number of anilines is 1. The number of hydrogen-bond acceptors (Lipinski definition) is 5. The summed E-state index contributed by atoms with van der Waals surface area (Å²) in [6.45, 7) is 2.10. The van der Waals surface area contributed by atoms with Gasteiger partial charge >= 0.3 is 12.1 Å². The lowest BCUT2D eigenvalue weighted by Gasteiger charge is -2.30. The predicted octanol–water partition coefficient (Wildman–Crippen LogP) is 4.52. The number of ether oxygens (including phenoxy) is 1. The molecular weight excluding hydrogens is 446 g/mol. The molecule has 0 unspecified atom stereocenters. The Morgan fingerprint density at radius 3 is 2.31 bits per heavy atom. The first kappa shape index (κ1) is 22.6. The van der Waals surface area contributed by atoms with E-state index in [2.05, 4.69) is 34.6 Å². The molecule has 3 aromatic rings. The molecular formula is C27H25N3O5. The zero-order chi connectivity index (χ0) is 24.6. The minimum absolute atomic E-state index is 0.0460. The predicted molar refractivity (Wildman–Crippen MR) is 129 cm³/mol. The Labute approximate surface area is 202 Å². The van der Waals surface area contributed by atoms with E-state index in [1.165, 1.54) is 17.2 Å². The van der Waals surface area contributed by atoms with E-state index in [9.17, 15) is 19.5 Å². The summed E-state index contributed by atoms with van der Waals surface area (Å²) in [7, 11) is 0. The Balaban J connectivity index is 1.22. The number of likely N-dealkylation sites (tertiary alicyclic amines) is 1. The first-order valence-corrected chi connectivity index (χ1v) is 11.5.